The van der Waals surface area contributed by atoms with Crippen molar-refractivity contribution in [2.24, 2.45) is 0 Å². The largest absolute Gasteiger partial charge is 0.448 e. The van der Waals surface area contributed by atoms with Crippen molar-refractivity contribution in [1.82, 2.24) is 4.98 Å². The van der Waals surface area contributed by atoms with Gasteiger partial charge in [0.05, 0.1) is 6.54 Å². The zero-order valence-corrected chi connectivity index (χ0v) is 12.5. The molecule has 2 aromatic heterocycles. The first kappa shape index (κ1) is 15.8. The van der Waals surface area contributed by atoms with Crippen LogP contribution in [0.3, 0.4) is 0 Å². The van der Waals surface area contributed by atoms with E-state index in [0.717, 1.165) is 18.3 Å². The normalized spacial score (nSPS) is 21.5. The Bertz CT molecular complexity index is 862. The summed E-state index contributed by atoms with van der Waals surface area (Å²) in [5.74, 6) is -0.184. The highest BCUT2D eigenvalue weighted by Crippen LogP contribution is 2.49. The summed E-state index contributed by atoms with van der Waals surface area (Å²) in [5, 5.41) is 9.55. The van der Waals surface area contributed by atoms with Crippen molar-refractivity contribution in [2.45, 2.75) is 23.8 Å². The third-order valence-corrected chi connectivity index (χ3v) is 5.18. The zero-order valence-electron chi connectivity index (χ0n) is 11.7. The second-order valence-corrected chi connectivity index (χ2v) is 6.90. The zero-order chi connectivity index (χ0) is 17.0. The molecule has 0 saturated carbocycles. The highest BCUT2D eigenvalue weighted by Gasteiger charge is 2.62. The average Bonchev–Trinajstić information content (AvgIpc) is 3.02. The van der Waals surface area contributed by atoms with Gasteiger partial charge in [-0.05, 0) is 25.1 Å². The highest BCUT2D eigenvalue weighted by atomic mass is 32.2. The number of furan rings is 1. The summed E-state index contributed by atoms with van der Waals surface area (Å²) in [6, 6.07) is 4.71. The molecule has 124 valence electrons. The summed E-state index contributed by atoms with van der Waals surface area (Å²) in [4.78, 5) is 3.69. The van der Waals surface area contributed by atoms with Crippen LogP contribution in [0.5, 0.6) is 0 Å². The van der Waals surface area contributed by atoms with E-state index in [4.69, 9.17) is 4.42 Å². The molecule has 0 bridgehead atoms. The Balaban J connectivity index is 2.17. The van der Waals surface area contributed by atoms with E-state index in [1.165, 1.54) is 19.1 Å². The van der Waals surface area contributed by atoms with E-state index in [1.54, 1.807) is 0 Å². The predicted molar refractivity (Wildman–Crippen MR) is 72.2 cm³/mol. The van der Waals surface area contributed by atoms with Crippen LogP contribution in [-0.4, -0.2) is 31.2 Å². The number of aliphatic hydroxyl groups is 1. The number of halogens is 3. The maximum Gasteiger partial charge on any atom is 0.423 e. The fourth-order valence-electron chi connectivity index (χ4n) is 2.39. The fourth-order valence-corrected chi connectivity index (χ4v) is 3.81. The number of aryl methyl sites for hydroxylation is 1. The summed E-state index contributed by atoms with van der Waals surface area (Å²) in [7, 11) is -4.42. The van der Waals surface area contributed by atoms with Crippen LogP contribution in [0, 0.1) is 6.92 Å². The van der Waals surface area contributed by atoms with Crippen molar-refractivity contribution >= 4 is 15.8 Å². The van der Waals surface area contributed by atoms with Crippen molar-refractivity contribution in [3.05, 3.63) is 41.8 Å². The number of alkyl halides is 3. The van der Waals surface area contributed by atoms with E-state index >= 15 is 0 Å². The van der Waals surface area contributed by atoms with Crippen LogP contribution in [0.25, 0.3) is 0 Å². The maximum atomic E-state index is 13.3. The van der Waals surface area contributed by atoms with Crippen molar-refractivity contribution in [1.29, 1.82) is 0 Å². The Morgan fingerprint density at radius 1 is 1.35 bits per heavy atom. The summed E-state index contributed by atoms with van der Waals surface area (Å²) in [5.41, 5.74) is -3.94. The minimum absolute atomic E-state index is 0.287. The Kier molecular flexibility index (Phi) is 3.24. The standard InChI is InChI=1S/C13H11F3N2O4S/c1-8-4-5-10(22-8)23(20,21)18-7-12(19,13(14,15)16)9-3-2-6-17-11(9)18/h2-6,19H,7H2,1H3. The summed E-state index contributed by atoms with van der Waals surface area (Å²) >= 11 is 0. The number of fused-ring (bicyclic) bond motifs is 1. The van der Waals surface area contributed by atoms with Gasteiger partial charge in [-0.3, -0.25) is 0 Å². The third kappa shape index (κ3) is 2.20. The molecule has 2 aromatic rings. The van der Waals surface area contributed by atoms with Crippen LogP contribution in [0.1, 0.15) is 11.3 Å². The number of β-amino-alcohol motifs (C(OH)–C–C–N with tert-alkyl or cyclic N) is 1. The van der Waals surface area contributed by atoms with Gasteiger partial charge in [-0.25, -0.2) is 9.29 Å². The van der Waals surface area contributed by atoms with Crippen LogP contribution in [0.15, 0.2) is 40.0 Å². The molecule has 1 aliphatic heterocycles. The third-order valence-electron chi connectivity index (χ3n) is 3.57. The number of rotatable bonds is 2. The average molecular weight is 348 g/mol. The van der Waals surface area contributed by atoms with Crippen LogP contribution >= 0.6 is 0 Å². The summed E-state index contributed by atoms with van der Waals surface area (Å²) in [6.45, 7) is 0.284. The van der Waals surface area contributed by atoms with Crippen LogP contribution in [-0.2, 0) is 15.6 Å². The molecular formula is C13H11F3N2O4S. The van der Waals surface area contributed by atoms with Gasteiger partial charge in [-0.15, -0.1) is 0 Å². The van der Waals surface area contributed by atoms with Gasteiger partial charge in [0.25, 0.3) is 10.0 Å². The maximum absolute atomic E-state index is 13.3. The Labute approximate surface area is 129 Å². The van der Waals surface area contributed by atoms with Crippen molar-refractivity contribution < 1.29 is 31.1 Å². The quantitative estimate of drug-likeness (QED) is 0.897. The highest BCUT2D eigenvalue weighted by molar-refractivity contribution is 7.92. The molecule has 0 spiro atoms. The van der Waals surface area contributed by atoms with Crippen LogP contribution < -0.4 is 4.31 Å². The minimum Gasteiger partial charge on any atom is -0.448 e. The second kappa shape index (κ2) is 4.71. The molecule has 0 radical (unpaired) electrons. The Morgan fingerprint density at radius 2 is 2.04 bits per heavy atom. The van der Waals surface area contributed by atoms with Gasteiger partial charge in [0, 0.05) is 11.8 Å². The molecule has 23 heavy (non-hydrogen) atoms. The number of pyridine rings is 1. The molecule has 1 N–H and O–H groups in total. The number of hydrogen-bond donors (Lipinski definition) is 1. The topological polar surface area (TPSA) is 83.6 Å². The molecule has 6 nitrogen and oxygen atoms in total. The Morgan fingerprint density at radius 3 is 2.61 bits per heavy atom. The molecule has 0 aliphatic carbocycles. The van der Waals surface area contributed by atoms with E-state index in [1.807, 2.05) is 0 Å². The molecule has 1 atom stereocenters. The Hall–Kier alpha value is -2.07. The molecular weight excluding hydrogens is 337 g/mol. The lowest BCUT2D eigenvalue weighted by Gasteiger charge is -2.26. The smallest absolute Gasteiger partial charge is 0.423 e. The van der Waals surface area contributed by atoms with E-state index in [-0.39, 0.29) is 5.76 Å². The van der Waals surface area contributed by atoms with E-state index < -0.39 is 44.8 Å². The van der Waals surface area contributed by atoms with E-state index in [2.05, 4.69) is 4.98 Å². The van der Waals surface area contributed by atoms with Gasteiger partial charge in [-0.2, -0.15) is 21.6 Å². The molecule has 1 unspecified atom stereocenters. The van der Waals surface area contributed by atoms with Gasteiger partial charge in [-0.1, -0.05) is 6.07 Å². The second-order valence-electron chi connectivity index (χ2n) is 5.11. The molecule has 10 heteroatoms. The number of sulfonamides is 1. The van der Waals surface area contributed by atoms with Gasteiger partial charge in [0.2, 0.25) is 10.7 Å². The van der Waals surface area contributed by atoms with Crippen LogP contribution in [0.4, 0.5) is 19.0 Å². The first-order valence-electron chi connectivity index (χ1n) is 6.41. The van der Waals surface area contributed by atoms with Gasteiger partial charge >= 0.3 is 6.18 Å². The van der Waals surface area contributed by atoms with E-state index in [9.17, 15) is 26.7 Å². The molecule has 1 aliphatic rings. The number of aromatic nitrogens is 1. The molecule has 0 aromatic carbocycles. The minimum atomic E-state index is -5.06. The lowest BCUT2D eigenvalue weighted by atomic mass is 9.97. The van der Waals surface area contributed by atoms with Crippen molar-refractivity contribution in [2.75, 3.05) is 10.8 Å². The summed E-state index contributed by atoms with van der Waals surface area (Å²) in [6.07, 6.45) is -3.91. The van der Waals surface area contributed by atoms with Crippen LogP contribution in [0.2, 0.25) is 0 Å². The van der Waals surface area contributed by atoms with Gasteiger partial charge < -0.3 is 9.52 Å². The van der Waals surface area contributed by atoms with Crippen molar-refractivity contribution in [3.8, 4) is 0 Å². The molecule has 0 saturated heterocycles. The van der Waals surface area contributed by atoms with Gasteiger partial charge in [0.1, 0.15) is 11.6 Å². The summed E-state index contributed by atoms with van der Waals surface area (Å²) < 4.78 is 70.3. The molecule has 3 heterocycles. The lowest BCUT2D eigenvalue weighted by molar-refractivity contribution is -0.258. The fraction of sp³-hybridized carbons (Fsp3) is 0.308. The lowest BCUT2D eigenvalue weighted by Crippen LogP contribution is -2.47. The first-order chi connectivity index (χ1) is 10.6. The number of anilines is 1. The number of nitrogens with zero attached hydrogens (tertiary/aromatic N) is 2. The van der Waals surface area contributed by atoms with Gasteiger partial charge in [0.15, 0.2) is 0 Å². The monoisotopic (exact) mass is 348 g/mol. The predicted octanol–water partition coefficient (Wildman–Crippen LogP) is 1.94. The number of hydrogen-bond acceptors (Lipinski definition) is 5. The van der Waals surface area contributed by atoms with E-state index in [0.29, 0.717) is 4.31 Å². The molecule has 0 amide bonds. The van der Waals surface area contributed by atoms with Crippen molar-refractivity contribution in [3.63, 3.8) is 0 Å². The first-order valence-corrected chi connectivity index (χ1v) is 7.85. The molecule has 3 rings (SSSR count). The SMILES string of the molecule is Cc1ccc(S(=O)(=O)N2CC(O)(C(F)(F)F)c3cccnc32)o1. The molecule has 0 fully saturated rings.